The van der Waals surface area contributed by atoms with E-state index < -0.39 is 97.5 Å². The number of phosphoric ester groups is 2. The predicted molar refractivity (Wildman–Crippen MR) is 405 cm³/mol. The number of carbonyl (C=O) groups is 4. The molecule has 19 heteroatoms. The minimum Gasteiger partial charge on any atom is -0.462 e. The fourth-order valence-electron chi connectivity index (χ4n) is 12.4. The first-order valence-corrected chi connectivity index (χ1v) is 44.6. The average Bonchev–Trinajstić information content (AvgIpc) is 1.17. The quantitative estimate of drug-likeness (QED) is 0.0222. The van der Waals surface area contributed by atoms with Crippen molar-refractivity contribution in [1.82, 2.24) is 0 Å². The lowest BCUT2D eigenvalue weighted by Crippen LogP contribution is -2.30. The summed E-state index contributed by atoms with van der Waals surface area (Å²) in [5.41, 5.74) is 0. The first-order valence-electron chi connectivity index (χ1n) is 41.6. The van der Waals surface area contributed by atoms with Crippen molar-refractivity contribution in [2.24, 2.45) is 5.92 Å². The lowest BCUT2D eigenvalue weighted by Gasteiger charge is -2.21. The zero-order valence-corrected chi connectivity index (χ0v) is 66.4. The van der Waals surface area contributed by atoms with Gasteiger partial charge in [0.2, 0.25) is 0 Å². The molecule has 5 atom stereocenters. The number of aliphatic hydroxyl groups is 1. The van der Waals surface area contributed by atoms with Crippen LogP contribution in [0.15, 0.2) is 0 Å². The van der Waals surface area contributed by atoms with Gasteiger partial charge in [-0.2, -0.15) is 0 Å². The molecule has 3 N–H and O–H groups in total. The van der Waals surface area contributed by atoms with Gasteiger partial charge in [-0.05, 0) is 31.6 Å². The number of carbonyl (C=O) groups excluding carboxylic acids is 4. The number of unbranched alkanes of at least 4 members (excludes halogenated alkanes) is 52. The maximum Gasteiger partial charge on any atom is 0.472 e. The van der Waals surface area contributed by atoms with Crippen LogP contribution in [0, 0.1) is 5.92 Å². The van der Waals surface area contributed by atoms with Gasteiger partial charge in [0.1, 0.15) is 19.3 Å². The van der Waals surface area contributed by atoms with Gasteiger partial charge in [-0.15, -0.1) is 0 Å². The van der Waals surface area contributed by atoms with Crippen molar-refractivity contribution >= 4 is 39.5 Å². The van der Waals surface area contributed by atoms with E-state index >= 15 is 0 Å². The number of hydrogen-bond acceptors (Lipinski definition) is 15. The number of hydrogen-bond donors (Lipinski definition) is 3. The van der Waals surface area contributed by atoms with Crippen molar-refractivity contribution in [3.8, 4) is 0 Å². The van der Waals surface area contributed by atoms with Crippen LogP contribution < -0.4 is 0 Å². The monoisotopic (exact) mass is 1450 g/mol. The summed E-state index contributed by atoms with van der Waals surface area (Å²) < 4.78 is 68.7. The molecule has 17 nitrogen and oxygen atoms in total. The normalized spacial score (nSPS) is 13.9. The van der Waals surface area contributed by atoms with E-state index in [2.05, 4.69) is 34.6 Å². The molecule has 0 aromatic carbocycles. The Hall–Kier alpha value is -1.94. The van der Waals surface area contributed by atoms with Crippen LogP contribution >= 0.6 is 15.6 Å². The Morgan fingerprint density at radius 1 is 0.273 bits per heavy atom. The topological polar surface area (TPSA) is 237 Å². The van der Waals surface area contributed by atoms with Crippen LogP contribution in [0.3, 0.4) is 0 Å². The summed E-state index contributed by atoms with van der Waals surface area (Å²) >= 11 is 0. The van der Waals surface area contributed by atoms with Crippen molar-refractivity contribution in [3.63, 3.8) is 0 Å². The molecule has 0 fully saturated rings. The molecule has 0 saturated heterocycles. The third-order valence-electron chi connectivity index (χ3n) is 18.8. The molecule has 0 spiro atoms. The van der Waals surface area contributed by atoms with E-state index in [-0.39, 0.29) is 25.7 Å². The summed E-state index contributed by atoms with van der Waals surface area (Å²) in [5, 5.41) is 10.6. The van der Waals surface area contributed by atoms with Gasteiger partial charge in [0.15, 0.2) is 12.2 Å². The van der Waals surface area contributed by atoms with Gasteiger partial charge in [-0.3, -0.25) is 37.3 Å². The van der Waals surface area contributed by atoms with E-state index in [1.165, 1.54) is 250 Å². The fourth-order valence-corrected chi connectivity index (χ4v) is 14.0. The second-order valence-corrected chi connectivity index (χ2v) is 32.2. The van der Waals surface area contributed by atoms with Crippen LogP contribution in [0.2, 0.25) is 0 Å². The Kier molecular flexibility index (Phi) is 71.6. The molecule has 0 heterocycles. The highest BCUT2D eigenvalue weighted by atomic mass is 31.2. The highest BCUT2D eigenvalue weighted by Crippen LogP contribution is 2.45. The minimum atomic E-state index is -4.96. The Balaban J connectivity index is 5.21. The second kappa shape index (κ2) is 73.0. The van der Waals surface area contributed by atoms with E-state index in [0.717, 1.165) is 95.8 Å². The van der Waals surface area contributed by atoms with Crippen molar-refractivity contribution in [2.45, 2.75) is 445 Å². The molecule has 0 amide bonds. The smallest absolute Gasteiger partial charge is 0.462 e. The Labute approximate surface area is 607 Å². The zero-order chi connectivity index (χ0) is 72.7. The number of esters is 4. The van der Waals surface area contributed by atoms with Crippen molar-refractivity contribution in [2.75, 3.05) is 39.6 Å². The Morgan fingerprint density at radius 3 is 0.687 bits per heavy atom. The molecule has 0 rings (SSSR count). The molecule has 0 radical (unpaired) electrons. The van der Waals surface area contributed by atoms with Crippen LogP contribution in [-0.2, 0) is 65.4 Å². The van der Waals surface area contributed by atoms with Crippen molar-refractivity contribution < 1.29 is 80.2 Å². The minimum absolute atomic E-state index is 0.108. The lowest BCUT2D eigenvalue weighted by molar-refractivity contribution is -0.161. The highest BCUT2D eigenvalue weighted by Gasteiger charge is 2.30. The van der Waals surface area contributed by atoms with Gasteiger partial charge >= 0.3 is 39.5 Å². The third-order valence-corrected chi connectivity index (χ3v) is 20.7. The number of phosphoric acid groups is 2. The van der Waals surface area contributed by atoms with E-state index in [0.29, 0.717) is 25.7 Å². The fraction of sp³-hybridized carbons (Fsp3) is 0.950. The summed E-state index contributed by atoms with van der Waals surface area (Å²) in [6.45, 7) is 7.36. The van der Waals surface area contributed by atoms with Crippen LogP contribution in [0.25, 0.3) is 0 Å². The predicted octanol–water partition coefficient (Wildman–Crippen LogP) is 24.0. The molecule has 0 aromatic rings. The molecule has 0 saturated carbocycles. The Morgan fingerprint density at radius 2 is 0.465 bits per heavy atom. The molecule has 0 aliphatic heterocycles. The second-order valence-electron chi connectivity index (χ2n) is 29.3. The molecular formula is C80H156O17P2. The summed E-state index contributed by atoms with van der Waals surface area (Å²) in [7, 11) is -9.91. The third kappa shape index (κ3) is 74.1. The molecule has 0 aliphatic rings. The van der Waals surface area contributed by atoms with Crippen molar-refractivity contribution in [1.29, 1.82) is 0 Å². The van der Waals surface area contributed by atoms with Crippen molar-refractivity contribution in [3.05, 3.63) is 0 Å². The molecule has 588 valence electrons. The van der Waals surface area contributed by atoms with E-state index in [4.69, 9.17) is 37.0 Å². The number of rotatable bonds is 80. The maximum atomic E-state index is 13.1. The van der Waals surface area contributed by atoms with Crippen LogP contribution in [0.1, 0.15) is 426 Å². The summed E-state index contributed by atoms with van der Waals surface area (Å²) in [4.78, 5) is 72.9. The van der Waals surface area contributed by atoms with E-state index in [9.17, 15) is 43.2 Å². The van der Waals surface area contributed by atoms with Crippen LogP contribution in [-0.4, -0.2) is 96.7 Å². The SMILES string of the molecule is CCCCCCCCCCCCCCCCCC(=O)OC[C@H](COP(=O)(O)OC[C@@H](O)COP(=O)(O)OC[C@@H](COC(=O)CCCCCCCCCCCCC)OC(=O)CCCCCCCCCCCCCC)OC(=O)CCCCCCCCCCCCCCCCCCCCC(C)C. The van der Waals surface area contributed by atoms with Gasteiger partial charge in [0.05, 0.1) is 26.4 Å². The van der Waals surface area contributed by atoms with Gasteiger partial charge in [-0.25, -0.2) is 9.13 Å². The summed E-state index contributed by atoms with van der Waals surface area (Å²) in [6, 6.07) is 0. The molecule has 99 heavy (non-hydrogen) atoms. The molecular weight excluding hydrogens is 1290 g/mol. The maximum absolute atomic E-state index is 13.1. The first kappa shape index (κ1) is 97.1. The molecule has 0 bridgehead atoms. The zero-order valence-electron chi connectivity index (χ0n) is 64.6. The van der Waals surface area contributed by atoms with E-state index in [1.807, 2.05) is 0 Å². The van der Waals surface area contributed by atoms with Gasteiger partial charge < -0.3 is 33.8 Å². The summed E-state index contributed by atoms with van der Waals surface area (Å²) in [6.07, 6.45) is 63.7. The highest BCUT2D eigenvalue weighted by molar-refractivity contribution is 7.47. The Bertz CT molecular complexity index is 1890. The van der Waals surface area contributed by atoms with Gasteiger partial charge in [0.25, 0.3) is 0 Å². The van der Waals surface area contributed by atoms with E-state index in [1.54, 1.807) is 0 Å². The molecule has 0 aromatic heterocycles. The standard InChI is InChI=1S/C80H156O17P2/c1-6-9-12-15-18-21-24-26-31-35-40-44-49-54-59-64-78(83)91-70-76(97-80(85)66-61-56-51-46-41-36-33-30-28-27-29-32-34-38-42-47-52-57-62-73(4)5)72-95-99(88,89)93-68-74(81)67-92-98(86,87)94-71-75(69-90-77(82)63-58-53-48-43-37-23-20-17-14-11-8-3)96-79(84)65-60-55-50-45-39-25-22-19-16-13-10-7-2/h73-76,81H,6-72H2,1-5H3,(H,86,87)(H,88,89)/t74-,75+,76+/m0/s1. The first-order chi connectivity index (χ1) is 48.0. The van der Waals surface area contributed by atoms with Gasteiger partial charge in [0, 0.05) is 25.7 Å². The largest absolute Gasteiger partial charge is 0.472 e. The number of aliphatic hydroxyl groups excluding tert-OH is 1. The summed E-state index contributed by atoms with van der Waals surface area (Å²) in [5.74, 6) is -1.29. The average molecular weight is 1450 g/mol. The molecule has 2 unspecified atom stereocenters. The van der Waals surface area contributed by atoms with Crippen LogP contribution in [0.5, 0.6) is 0 Å². The van der Waals surface area contributed by atoms with Crippen LogP contribution in [0.4, 0.5) is 0 Å². The van der Waals surface area contributed by atoms with Gasteiger partial charge in [-0.1, -0.05) is 375 Å². The molecule has 0 aliphatic carbocycles. The lowest BCUT2D eigenvalue weighted by atomic mass is 10.0. The number of ether oxygens (including phenoxy) is 4.